The predicted octanol–water partition coefficient (Wildman–Crippen LogP) is 1.42. The number of carbonyl (C=O) groups excluding carboxylic acids is 1. The highest BCUT2D eigenvalue weighted by Gasteiger charge is 2.41. The van der Waals surface area contributed by atoms with E-state index in [9.17, 15) is 19.5 Å². The average molecular weight is 420 g/mol. The zero-order valence-corrected chi connectivity index (χ0v) is 16.7. The largest absolute Gasteiger partial charge is 0.494 e. The molecule has 1 aliphatic heterocycles. The number of nitrogens with zero attached hydrogens (tertiary/aromatic N) is 1. The van der Waals surface area contributed by atoms with Crippen molar-refractivity contribution in [3.63, 3.8) is 0 Å². The van der Waals surface area contributed by atoms with Crippen molar-refractivity contribution >= 4 is 23.5 Å². The Morgan fingerprint density at radius 1 is 1.07 bits per heavy atom. The Balaban J connectivity index is 1.39. The second kappa shape index (κ2) is 9.44. The Hall–Kier alpha value is -2.65. The minimum atomic E-state index is -2.66. The Morgan fingerprint density at radius 2 is 1.70 bits per heavy atom. The fraction of sp³-hybridized carbons (Fsp3) is 0.571. The van der Waals surface area contributed by atoms with Crippen LogP contribution < -0.4 is 10.1 Å². The van der Waals surface area contributed by atoms with Crippen molar-refractivity contribution in [1.29, 1.82) is 0 Å². The SMILES string of the molecule is O=C(O)CC(O)(CC(=O)Nc1ccc(OCCCN2C[C@H]3CC[C@H]3C2)cc1)C(=O)O. The summed E-state index contributed by atoms with van der Waals surface area (Å²) < 4.78 is 5.73. The van der Waals surface area contributed by atoms with Gasteiger partial charge in [0.2, 0.25) is 5.91 Å². The van der Waals surface area contributed by atoms with Crippen LogP contribution in [0, 0.1) is 11.8 Å². The van der Waals surface area contributed by atoms with Gasteiger partial charge in [-0.25, -0.2) is 4.79 Å². The lowest BCUT2D eigenvalue weighted by atomic mass is 9.77. The summed E-state index contributed by atoms with van der Waals surface area (Å²) in [4.78, 5) is 36.4. The summed E-state index contributed by atoms with van der Waals surface area (Å²) in [5.41, 5.74) is -2.27. The number of hydrogen-bond donors (Lipinski definition) is 4. The number of aliphatic carboxylic acids is 2. The van der Waals surface area contributed by atoms with E-state index in [1.165, 1.54) is 25.9 Å². The van der Waals surface area contributed by atoms with Gasteiger partial charge in [-0.3, -0.25) is 9.59 Å². The van der Waals surface area contributed by atoms with Gasteiger partial charge in [0.25, 0.3) is 0 Å². The van der Waals surface area contributed by atoms with Crippen molar-refractivity contribution in [2.45, 2.75) is 37.7 Å². The van der Waals surface area contributed by atoms with E-state index in [2.05, 4.69) is 10.2 Å². The van der Waals surface area contributed by atoms with E-state index >= 15 is 0 Å². The van der Waals surface area contributed by atoms with Gasteiger partial charge < -0.3 is 30.3 Å². The van der Waals surface area contributed by atoms with Gasteiger partial charge in [-0.05, 0) is 55.4 Å². The van der Waals surface area contributed by atoms with E-state index in [0.717, 1.165) is 24.8 Å². The first-order valence-electron chi connectivity index (χ1n) is 10.2. The number of carboxylic acid groups (broad SMARTS) is 2. The molecule has 1 unspecified atom stereocenters. The van der Waals surface area contributed by atoms with E-state index in [0.29, 0.717) is 18.0 Å². The predicted molar refractivity (Wildman–Crippen MR) is 107 cm³/mol. The number of fused-ring (bicyclic) bond motifs is 1. The smallest absolute Gasteiger partial charge is 0.336 e. The van der Waals surface area contributed by atoms with Crippen LogP contribution in [-0.4, -0.2) is 69.9 Å². The first kappa shape index (κ1) is 22.0. The number of benzene rings is 1. The molecule has 1 aliphatic carbocycles. The summed E-state index contributed by atoms with van der Waals surface area (Å²) in [7, 11) is 0. The summed E-state index contributed by atoms with van der Waals surface area (Å²) >= 11 is 0. The normalized spacial score (nSPS) is 22.4. The quantitative estimate of drug-likeness (QED) is 0.395. The van der Waals surface area contributed by atoms with E-state index < -0.39 is 36.3 Å². The summed E-state index contributed by atoms with van der Waals surface area (Å²) in [5.74, 6) is -1.60. The van der Waals surface area contributed by atoms with Crippen LogP contribution in [-0.2, 0) is 14.4 Å². The molecule has 164 valence electrons. The minimum Gasteiger partial charge on any atom is -0.494 e. The van der Waals surface area contributed by atoms with Crippen LogP contribution in [0.3, 0.4) is 0 Å². The molecule has 9 nitrogen and oxygen atoms in total. The van der Waals surface area contributed by atoms with Crippen LogP contribution in [0.2, 0.25) is 0 Å². The minimum absolute atomic E-state index is 0.392. The number of carbonyl (C=O) groups is 3. The van der Waals surface area contributed by atoms with Gasteiger partial charge >= 0.3 is 11.9 Å². The molecule has 0 aromatic heterocycles. The van der Waals surface area contributed by atoms with Gasteiger partial charge in [0, 0.05) is 25.3 Å². The average Bonchev–Trinajstić information content (AvgIpc) is 2.93. The Kier molecular flexibility index (Phi) is 6.94. The lowest BCUT2D eigenvalue weighted by molar-refractivity contribution is -0.167. The fourth-order valence-electron chi connectivity index (χ4n) is 4.09. The molecule has 1 aromatic rings. The zero-order valence-electron chi connectivity index (χ0n) is 16.7. The highest BCUT2D eigenvalue weighted by atomic mass is 16.5. The summed E-state index contributed by atoms with van der Waals surface area (Å²) in [5, 5.41) is 30.1. The Labute approximate surface area is 174 Å². The van der Waals surface area contributed by atoms with Crippen molar-refractivity contribution < 1.29 is 34.4 Å². The lowest BCUT2D eigenvalue weighted by Crippen LogP contribution is -2.43. The maximum atomic E-state index is 12.0. The number of amides is 1. The van der Waals surface area contributed by atoms with Crippen LogP contribution in [0.15, 0.2) is 24.3 Å². The van der Waals surface area contributed by atoms with E-state index in [-0.39, 0.29) is 0 Å². The Morgan fingerprint density at radius 3 is 2.23 bits per heavy atom. The van der Waals surface area contributed by atoms with E-state index in [4.69, 9.17) is 14.9 Å². The number of rotatable bonds is 11. The number of carboxylic acids is 2. The maximum Gasteiger partial charge on any atom is 0.336 e. The second-order valence-electron chi connectivity index (χ2n) is 8.22. The molecule has 1 aromatic carbocycles. The number of aliphatic hydroxyl groups is 1. The summed E-state index contributed by atoms with van der Waals surface area (Å²) in [6.45, 7) is 4.05. The van der Waals surface area contributed by atoms with Crippen LogP contribution in [0.25, 0.3) is 0 Å². The van der Waals surface area contributed by atoms with E-state index in [1.807, 2.05) is 0 Å². The highest BCUT2D eigenvalue weighted by molar-refractivity contribution is 5.96. The number of anilines is 1. The van der Waals surface area contributed by atoms with Crippen LogP contribution in [0.4, 0.5) is 5.69 Å². The van der Waals surface area contributed by atoms with E-state index in [1.54, 1.807) is 24.3 Å². The first-order chi connectivity index (χ1) is 14.2. The molecule has 1 amide bonds. The fourth-order valence-corrected chi connectivity index (χ4v) is 4.09. The Bertz CT molecular complexity index is 770. The molecule has 1 saturated carbocycles. The molecule has 3 atom stereocenters. The summed E-state index contributed by atoms with van der Waals surface area (Å²) in [6, 6.07) is 6.57. The third-order valence-electron chi connectivity index (χ3n) is 5.88. The van der Waals surface area contributed by atoms with Crippen molar-refractivity contribution in [2.24, 2.45) is 11.8 Å². The third kappa shape index (κ3) is 5.70. The second-order valence-corrected chi connectivity index (χ2v) is 8.22. The molecule has 1 heterocycles. The standard InChI is InChI=1S/C21H28N2O7/c24-18(10-21(29,20(27)28)11-19(25)26)22-16-4-6-17(7-5-16)30-9-1-8-23-12-14-2-3-15(14)13-23/h4-7,14-15,29H,1-3,8-13H2,(H,22,24)(H,25,26)(H,27,28)/t14-,15+,21?. The zero-order chi connectivity index (χ0) is 21.7. The lowest BCUT2D eigenvalue weighted by Gasteiger charge is -2.28. The first-order valence-corrected chi connectivity index (χ1v) is 10.2. The van der Waals surface area contributed by atoms with Crippen LogP contribution >= 0.6 is 0 Å². The molecular weight excluding hydrogens is 392 g/mol. The van der Waals surface area contributed by atoms with Gasteiger partial charge in [0.1, 0.15) is 5.75 Å². The molecule has 2 aliphatic rings. The number of likely N-dealkylation sites (tertiary alicyclic amines) is 1. The maximum absolute atomic E-state index is 12.0. The van der Waals surface area contributed by atoms with Crippen molar-refractivity contribution in [3.05, 3.63) is 24.3 Å². The van der Waals surface area contributed by atoms with Gasteiger partial charge in [-0.15, -0.1) is 0 Å². The molecule has 3 rings (SSSR count). The van der Waals surface area contributed by atoms with Crippen molar-refractivity contribution in [3.8, 4) is 5.75 Å². The number of ether oxygens (including phenoxy) is 1. The molecular formula is C21H28N2O7. The molecule has 1 saturated heterocycles. The molecule has 0 bridgehead atoms. The molecule has 30 heavy (non-hydrogen) atoms. The van der Waals surface area contributed by atoms with Gasteiger partial charge in [0.05, 0.1) is 19.4 Å². The van der Waals surface area contributed by atoms with Crippen LogP contribution in [0.5, 0.6) is 5.75 Å². The molecule has 0 spiro atoms. The van der Waals surface area contributed by atoms with Gasteiger partial charge in [-0.2, -0.15) is 0 Å². The van der Waals surface area contributed by atoms with Gasteiger partial charge in [0.15, 0.2) is 5.60 Å². The topological polar surface area (TPSA) is 136 Å². The number of nitrogens with one attached hydrogen (secondary N) is 1. The van der Waals surface area contributed by atoms with Gasteiger partial charge in [-0.1, -0.05) is 0 Å². The summed E-state index contributed by atoms with van der Waals surface area (Å²) in [6.07, 6.45) is 1.74. The monoisotopic (exact) mass is 420 g/mol. The van der Waals surface area contributed by atoms with Crippen LogP contribution in [0.1, 0.15) is 32.1 Å². The molecule has 9 heteroatoms. The number of hydrogen-bond acceptors (Lipinski definition) is 6. The van der Waals surface area contributed by atoms with Crippen molar-refractivity contribution in [2.75, 3.05) is 31.6 Å². The highest BCUT2D eigenvalue weighted by Crippen LogP contribution is 2.40. The third-order valence-corrected chi connectivity index (χ3v) is 5.88. The molecule has 4 N–H and O–H groups in total. The van der Waals surface area contributed by atoms with Crippen molar-refractivity contribution in [1.82, 2.24) is 4.90 Å². The molecule has 2 fully saturated rings. The molecule has 0 radical (unpaired) electrons.